The molecule has 0 bridgehead atoms. The Labute approximate surface area is 158 Å². The first-order valence-corrected chi connectivity index (χ1v) is 8.91. The first-order valence-electron chi connectivity index (χ1n) is 8.91. The monoisotopic (exact) mass is 373 g/mol. The smallest absolute Gasteiger partial charge is 0.411 e. The number of ether oxygens (including phenoxy) is 1. The van der Waals surface area contributed by atoms with Crippen LogP contribution in [0.15, 0.2) is 48.5 Å². The molecule has 1 aliphatic heterocycles. The number of anilines is 2. The van der Waals surface area contributed by atoms with E-state index in [-0.39, 0.29) is 5.82 Å². The molecule has 0 aliphatic carbocycles. The van der Waals surface area contributed by atoms with Gasteiger partial charge in [-0.05, 0) is 29.8 Å². The van der Waals surface area contributed by atoms with Gasteiger partial charge in [-0.25, -0.2) is 9.18 Å². The highest BCUT2D eigenvalue weighted by atomic mass is 19.1. The van der Waals surface area contributed by atoms with Gasteiger partial charge in [0.2, 0.25) is 0 Å². The molecule has 0 radical (unpaired) electrons. The summed E-state index contributed by atoms with van der Waals surface area (Å²) >= 11 is 0. The van der Waals surface area contributed by atoms with Crippen LogP contribution in [-0.2, 0) is 4.74 Å². The number of nitrogens with zero attached hydrogens (tertiary/aromatic N) is 2. The maximum absolute atomic E-state index is 13.9. The van der Waals surface area contributed by atoms with E-state index < -0.39 is 12.2 Å². The van der Waals surface area contributed by atoms with Crippen molar-refractivity contribution in [2.45, 2.75) is 6.10 Å². The molecule has 0 aromatic heterocycles. The zero-order chi connectivity index (χ0) is 19.2. The maximum atomic E-state index is 13.9. The number of para-hydroxylation sites is 1. The Morgan fingerprint density at radius 3 is 2.63 bits per heavy atom. The van der Waals surface area contributed by atoms with E-state index in [0.29, 0.717) is 31.0 Å². The lowest BCUT2D eigenvalue weighted by Gasteiger charge is -2.37. The first-order chi connectivity index (χ1) is 13.1. The molecule has 27 heavy (non-hydrogen) atoms. The number of carbonyl (C=O) groups is 1. The highest BCUT2D eigenvalue weighted by molar-refractivity contribution is 5.84. The van der Waals surface area contributed by atoms with Gasteiger partial charge < -0.3 is 14.7 Å². The van der Waals surface area contributed by atoms with Crippen molar-refractivity contribution in [3.05, 3.63) is 59.9 Å². The van der Waals surface area contributed by atoms with Crippen LogP contribution in [0.3, 0.4) is 0 Å². The number of β-amino-alcohol motifs (C(OH)–C–C–N with tert-alkyl or cyclic N) is 1. The van der Waals surface area contributed by atoms with Crippen LogP contribution >= 0.6 is 0 Å². The van der Waals surface area contributed by atoms with Crippen molar-refractivity contribution in [3.63, 3.8) is 0 Å². The SMILES string of the molecule is COC(=O)Nc1cccc(C(O)CN2CCN(c3ccccc3F)CC2)c1. The van der Waals surface area contributed by atoms with Gasteiger partial charge in [0.1, 0.15) is 5.82 Å². The van der Waals surface area contributed by atoms with Crippen LogP contribution in [0.5, 0.6) is 0 Å². The van der Waals surface area contributed by atoms with Gasteiger partial charge in [0.15, 0.2) is 0 Å². The summed E-state index contributed by atoms with van der Waals surface area (Å²) in [5.41, 5.74) is 1.92. The summed E-state index contributed by atoms with van der Waals surface area (Å²) in [6, 6.07) is 13.9. The van der Waals surface area contributed by atoms with E-state index in [1.54, 1.807) is 30.3 Å². The predicted octanol–water partition coefficient (Wildman–Crippen LogP) is 2.86. The topological polar surface area (TPSA) is 65.0 Å². The van der Waals surface area contributed by atoms with E-state index in [1.165, 1.54) is 13.2 Å². The number of methoxy groups -OCH3 is 1. The van der Waals surface area contributed by atoms with Gasteiger partial charge >= 0.3 is 6.09 Å². The second-order valence-corrected chi connectivity index (χ2v) is 6.50. The number of amides is 1. The van der Waals surface area contributed by atoms with E-state index in [2.05, 4.69) is 15.0 Å². The van der Waals surface area contributed by atoms with E-state index in [1.807, 2.05) is 17.0 Å². The number of aliphatic hydroxyl groups excluding tert-OH is 1. The average Bonchev–Trinajstić information content (AvgIpc) is 2.69. The second-order valence-electron chi connectivity index (χ2n) is 6.50. The molecule has 2 N–H and O–H groups in total. The minimum Gasteiger partial charge on any atom is -0.453 e. The van der Waals surface area contributed by atoms with Crippen molar-refractivity contribution in [2.24, 2.45) is 0 Å². The number of benzene rings is 2. The third-order valence-corrected chi connectivity index (χ3v) is 4.70. The molecule has 1 unspecified atom stereocenters. The fourth-order valence-corrected chi connectivity index (χ4v) is 3.22. The molecule has 6 nitrogen and oxygen atoms in total. The zero-order valence-corrected chi connectivity index (χ0v) is 15.3. The van der Waals surface area contributed by atoms with Gasteiger partial charge in [0.25, 0.3) is 0 Å². The summed E-state index contributed by atoms with van der Waals surface area (Å²) in [7, 11) is 1.30. The number of carbonyl (C=O) groups excluding carboxylic acids is 1. The maximum Gasteiger partial charge on any atom is 0.411 e. The lowest BCUT2D eigenvalue weighted by molar-refractivity contribution is 0.109. The van der Waals surface area contributed by atoms with Crippen LogP contribution < -0.4 is 10.2 Å². The molecular weight excluding hydrogens is 349 g/mol. The minimum absolute atomic E-state index is 0.207. The number of rotatable bonds is 5. The van der Waals surface area contributed by atoms with Crippen molar-refractivity contribution in [1.82, 2.24) is 4.90 Å². The Balaban J connectivity index is 1.55. The van der Waals surface area contributed by atoms with Crippen LogP contribution in [0.4, 0.5) is 20.6 Å². The predicted molar refractivity (Wildman–Crippen MR) is 102 cm³/mol. The molecule has 3 rings (SSSR count). The molecule has 1 atom stereocenters. The molecule has 2 aromatic rings. The van der Waals surface area contributed by atoms with Crippen molar-refractivity contribution in [2.75, 3.05) is 50.1 Å². The lowest BCUT2D eigenvalue weighted by Crippen LogP contribution is -2.47. The standard InChI is InChI=1S/C20H24FN3O3/c1-27-20(26)22-16-6-4-5-15(13-16)19(25)14-23-9-11-24(12-10-23)18-8-3-2-7-17(18)21/h2-8,13,19,25H,9-12,14H2,1H3,(H,22,26). The molecular formula is C20H24FN3O3. The first kappa shape index (κ1) is 19.1. The fourth-order valence-electron chi connectivity index (χ4n) is 3.22. The van der Waals surface area contributed by atoms with Crippen molar-refractivity contribution in [3.8, 4) is 0 Å². The van der Waals surface area contributed by atoms with Crippen LogP contribution in [0, 0.1) is 5.82 Å². The Morgan fingerprint density at radius 1 is 1.19 bits per heavy atom. The summed E-state index contributed by atoms with van der Waals surface area (Å²) in [6.07, 6.45) is -1.23. The molecule has 1 aliphatic rings. The number of nitrogens with one attached hydrogen (secondary N) is 1. The number of halogens is 1. The summed E-state index contributed by atoms with van der Waals surface area (Å²) in [4.78, 5) is 15.5. The van der Waals surface area contributed by atoms with Gasteiger partial charge in [0.05, 0.1) is 18.9 Å². The molecule has 1 heterocycles. The average molecular weight is 373 g/mol. The fraction of sp³-hybridized carbons (Fsp3) is 0.350. The molecule has 1 fully saturated rings. The van der Waals surface area contributed by atoms with E-state index in [4.69, 9.17) is 0 Å². The normalized spacial score (nSPS) is 16.0. The second kappa shape index (κ2) is 8.83. The quantitative estimate of drug-likeness (QED) is 0.844. The number of hydrogen-bond donors (Lipinski definition) is 2. The molecule has 0 spiro atoms. The van der Waals surface area contributed by atoms with Crippen molar-refractivity contribution in [1.29, 1.82) is 0 Å². The molecule has 0 saturated carbocycles. The molecule has 1 amide bonds. The highest BCUT2D eigenvalue weighted by Gasteiger charge is 2.21. The molecule has 7 heteroatoms. The highest BCUT2D eigenvalue weighted by Crippen LogP contribution is 2.22. The Hall–Kier alpha value is -2.64. The largest absolute Gasteiger partial charge is 0.453 e. The van der Waals surface area contributed by atoms with Gasteiger partial charge in [-0.3, -0.25) is 10.2 Å². The van der Waals surface area contributed by atoms with Crippen LogP contribution in [0.25, 0.3) is 0 Å². The Bertz CT molecular complexity index is 779. The third-order valence-electron chi connectivity index (χ3n) is 4.70. The summed E-state index contributed by atoms with van der Waals surface area (Å²) in [6.45, 7) is 3.37. The van der Waals surface area contributed by atoms with Gasteiger partial charge in [-0.1, -0.05) is 24.3 Å². The summed E-state index contributed by atoms with van der Waals surface area (Å²) < 4.78 is 18.5. The minimum atomic E-state index is -0.676. The van der Waals surface area contributed by atoms with Gasteiger partial charge in [-0.2, -0.15) is 0 Å². The van der Waals surface area contributed by atoms with Crippen molar-refractivity contribution < 1.29 is 19.0 Å². The van der Waals surface area contributed by atoms with Crippen LogP contribution in [0.2, 0.25) is 0 Å². The number of hydrogen-bond acceptors (Lipinski definition) is 5. The number of aliphatic hydroxyl groups is 1. The van der Waals surface area contributed by atoms with Crippen molar-refractivity contribution >= 4 is 17.5 Å². The molecule has 1 saturated heterocycles. The summed E-state index contributed by atoms with van der Waals surface area (Å²) in [5, 5.41) is 13.1. The molecule has 144 valence electrons. The zero-order valence-electron chi connectivity index (χ0n) is 15.3. The van der Waals surface area contributed by atoms with E-state index >= 15 is 0 Å². The van der Waals surface area contributed by atoms with E-state index in [0.717, 1.165) is 18.7 Å². The van der Waals surface area contributed by atoms with Crippen LogP contribution in [0.1, 0.15) is 11.7 Å². The van der Waals surface area contributed by atoms with Gasteiger partial charge in [-0.15, -0.1) is 0 Å². The third kappa shape index (κ3) is 4.96. The van der Waals surface area contributed by atoms with Gasteiger partial charge in [0, 0.05) is 38.4 Å². The lowest BCUT2D eigenvalue weighted by atomic mass is 10.1. The summed E-state index contributed by atoms with van der Waals surface area (Å²) in [5.74, 6) is -0.207. The Kier molecular flexibility index (Phi) is 6.26. The van der Waals surface area contributed by atoms with E-state index in [9.17, 15) is 14.3 Å². The molecule has 2 aromatic carbocycles. The Morgan fingerprint density at radius 2 is 1.93 bits per heavy atom. The number of piperazine rings is 1. The van der Waals surface area contributed by atoms with Crippen LogP contribution in [-0.4, -0.2) is 55.9 Å².